The third-order valence-corrected chi connectivity index (χ3v) is 7.42. The van der Waals surface area contributed by atoms with Gasteiger partial charge in [0, 0.05) is 0 Å². The van der Waals surface area contributed by atoms with E-state index in [1.807, 2.05) is 0 Å². The summed E-state index contributed by atoms with van der Waals surface area (Å²) in [5, 5.41) is 14.3. The van der Waals surface area contributed by atoms with Crippen LogP contribution in [0.1, 0.15) is 44.8 Å². The van der Waals surface area contributed by atoms with Crippen molar-refractivity contribution in [1.82, 2.24) is 19.5 Å². The molecule has 0 spiro atoms. The second-order valence-corrected chi connectivity index (χ2v) is 10.5. The summed E-state index contributed by atoms with van der Waals surface area (Å²) >= 11 is 0. The third kappa shape index (κ3) is 3.76. The SMILES string of the molecule is B[PH]1(O)OC[C@H]2O[C@@H](n3cnc4c(NC5CCCCCC5)ncnc43)C(O)[C@@H]2O1. The van der Waals surface area contributed by atoms with E-state index in [9.17, 15) is 10.00 Å². The van der Waals surface area contributed by atoms with Crippen molar-refractivity contribution in [1.29, 1.82) is 0 Å². The van der Waals surface area contributed by atoms with Gasteiger partial charge in [0.05, 0.1) is 0 Å². The Bertz CT molecular complexity index is 877. The molecule has 1 aliphatic carbocycles. The molecule has 10 nitrogen and oxygen atoms in total. The first kappa shape index (κ1) is 19.6. The number of imidazole rings is 1. The van der Waals surface area contributed by atoms with Gasteiger partial charge >= 0.3 is 157 Å². The first-order valence-electron chi connectivity index (χ1n) is 10.3. The molecule has 0 radical (unpaired) electrons. The maximum absolute atomic E-state index is 10.8. The quantitative estimate of drug-likeness (QED) is 0.371. The van der Waals surface area contributed by atoms with Crippen molar-refractivity contribution in [3.05, 3.63) is 12.7 Å². The molecule has 2 saturated heterocycles. The van der Waals surface area contributed by atoms with Crippen molar-refractivity contribution < 1.29 is 23.8 Å². The van der Waals surface area contributed by atoms with E-state index in [0.29, 0.717) is 23.0 Å². The van der Waals surface area contributed by atoms with Gasteiger partial charge in [-0.15, -0.1) is 0 Å². The van der Waals surface area contributed by atoms with E-state index in [0.717, 1.165) is 12.8 Å². The van der Waals surface area contributed by atoms with E-state index in [-0.39, 0.29) is 6.61 Å². The van der Waals surface area contributed by atoms with Gasteiger partial charge < -0.3 is 0 Å². The molecule has 158 valence electrons. The van der Waals surface area contributed by atoms with Gasteiger partial charge in [-0.1, -0.05) is 12.8 Å². The second-order valence-electron chi connectivity index (χ2n) is 8.23. The number of nitrogens with zero attached hydrogens (tertiary/aromatic N) is 4. The fourth-order valence-corrected chi connectivity index (χ4v) is 5.85. The van der Waals surface area contributed by atoms with Gasteiger partial charge in [0.15, 0.2) is 0 Å². The van der Waals surface area contributed by atoms with Crippen LogP contribution in [0.25, 0.3) is 11.2 Å². The molecule has 0 amide bonds. The van der Waals surface area contributed by atoms with Crippen molar-refractivity contribution in [3.8, 4) is 0 Å². The Morgan fingerprint density at radius 1 is 1.17 bits per heavy atom. The molecule has 0 aromatic carbocycles. The molecule has 1 unspecified atom stereocenters. The number of hydrogen-bond donors (Lipinski definition) is 3. The number of aromatic nitrogens is 4. The van der Waals surface area contributed by atoms with E-state index >= 15 is 0 Å². The predicted octanol–water partition coefficient (Wildman–Crippen LogP) is 0.670. The van der Waals surface area contributed by atoms with Crippen LogP contribution < -0.4 is 5.32 Å². The molecule has 5 rings (SSSR count). The van der Waals surface area contributed by atoms with Crippen molar-refractivity contribution in [2.75, 3.05) is 11.9 Å². The first-order valence-corrected chi connectivity index (χ1v) is 12.6. The predicted molar refractivity (Wildman–Crippen MR) is 110 cm³/mol. The summed E-state index contributed by atoms with van der Waals surface area (Å²) in [5.41, 5.74) is 1.24. The van der Waals surface area contributed by atoms with Gasteiger partial charge in [0.25, 0.3) is 0 Å². The van der Waals surface area contributed by atoms with Gasteiger partial charge in [-0.05, 0) is 0 Å². The summed E-state index contributed by atoms with van der Waals surface area (Å²) in [5.74, 6) is 0.709. The number of rotatable bonds is 3. The molecule has 3 fully saturated rings. The molecule has 4 atom stereocenters. The fourth-order valence-electron chi connectivity index (χ4n) is 4.51. The molecule has 2 aromatic heterocycles. The topological polar surface area (TPSA) is 124 Å². The number of hydrogen-bond acceptors (Lipinski definition) is 9. The van der Waals surface area contributed by atoms with Crippen molar-refractivity contribution in [2.45, 2.75) is 69.1 Å². The standard InChI is InChI=1S/C17H27BN5O5P/c18-29(25)26-7-11-14(28-29)13(24)17(27-11)23-9-21-12-15(19-8-20-16(12)23)22-10-5-3-1-2-4-6-10/h8-11,13-14,17,24-25,29H,1-7,18H2,(H,19,20,22)/t11-,13?,14-,17-/m1/s1. The maximum atomic E-state index is 10.8. The number of aliphatic hydroxyl groups is 1. The van der Waals surface area contributed by atoms with Crippen molar-refractivity contribution in [2.24, 2.45) is 0 Å². The number of anilines is 1. The molecule has 0 bridgehead atoms. The minimum atomic E-state index is -3.22. The molecule has 4 heterocycles. The summed E-state index contributed by atoms with van der Waals surface area (Å²) in [6.45, 7) is 0.188. The molecular weight excluding hydrogens is 396 g/mol. The van der Waals surface area contributed by atoms with Crippen LogP contribution in [-0.2, 0) is 13.8 Å². The number of aliphatic hydroxyl groups excluding tert-OH is 1. The second kappa shape index (κ2) is 7.72. The third-order valence-electron chi connectivity index (χ3n) is 6.01. The van der Waals surface area contributed by atoms with Crippen molar-refractivity contribution >= 4 is 32.4 Å². The Morgan fingerprint density at radius 3 is 2.76 bits per heavy atom. The van der Waals surface area contributed by atoms with E-state index < -0.39 is 32.4 Å². The van der Waals surface area contributed by atoms with Gasteiger partial charge in [0.2, 0.25) is 0 Å². The Hall–Kier alpha value is -1.36. The van der Waals surface area contributed by atoms with E-state index in [4.69, 9.17) is 13.8 Å². The van der Waals surface area contributed by atoms with Gasteiger partial charge in [-0.25, -0.2) is 0 Å². The molecular formula is C17H27BN5O5P. The molecule has 2 aromatic rings. The van der Waals surface area contributed by atoms with Crippen molar-refractivity contribution in [3.63, 3.8) is 0 Å². The van der Waals surface area contributed by atoms with Crippen LogP contribution in [0.5, 0.6) is 0 Å². The van der Waals surface area contributed by atoms with Gasteiger partial charge in [0.1, 0.15) is 0 Å². The molecule has 3 N–H and O–H groups in total. The molecule has 1 saturated carbocycles. The molecule has 3 aliphatic rings. The summed E-state index contributed by atoms with van der Waals surface area (Å²) in [6, 6.07) is 0.384. The number of fused-ring (bicyclic) bond motifs is 2. The van der Waals surface area contributed by atoms with E-state index in [1.54, 1.807) is 10.9 Å². The normalized spacial score (nSPS) is 33.9. The van der Waals surface area contributed by atoms with Gasteiger partial charge in [-0.3, -0.25) is 0 Å². The minimum absolute atomic E-state index is 0.188. The summed E-state index contributed by atoms with van der Waals surface area (Å²) in [4.78, 5) is 23.4. The summed E-state index contributed by atoms with van der Waals surface area (Å²) in [6.07, 6.45) is 7.60. The average Bonchev–Trinajstić information content (AvgIpc) is 3.14. The van der Waals surface area contributed by atoms with Crippen LogP contribution in [0.4, 0.5) is 5.82 Å². The summed E-state index contributed by atoms with van der Waals surface area (Å²) in [7, 11) is -1.69. The number of nitrogens with one attached hydrogen (secondary N) is 1. The number of ether oxygens (including phenoxy) is 1. The van der Waals surface area contributed by atoms with Gasteiger partial charge in [-0.2, -0.15) is 0 Å². The zero-order valence-corrected chi connectivity index (χ0v) is 17.4. The van der Waals surface area contributed by atoms with Crippen LogP contribution in [0.3, 0.4) is 0 Å². The van der Waals surface area contributed by atoms with Crippen LogP contribution in [0.15, 0.2) is 12.7 Å². The zero-order valence-electron chi connectivity index (χ0n) is 16.4. The Morgan fingerprint density at radius 2 is 1.97 bits per heavy atom. The molecule has 2 aliphatic heterocycles. The van der Waals surface area contributed by atoms with E-state index in [2.05, 4.69) is 20.3 Å². The van der Waals surface area contributed by atoms with E-state index in [1.165, 1.54) is 39.6 Å². The van der Waals surface area contributed by atoms with Crippen LogP contribution in [0, 0.1) is 0 Å². The average molecular weight is 423 g/mol. The fraction of sp³-hybridized carbons (Fsp3) is 0.706. The Kier molecular flexibility index (Phi) is 5.22. The van der Waals surface area contributed by atoms with Crippen LogP contribution in [-0.4, -0.2) is 68.0 Å². The molecule has 29 heavy (non-hydrogen) atoms. The van der Waals surface area contributed by atoms with Crippen LogP contribution in [0.2, 0.25) is 0 Å². The summed E-state index contributed by atoms with van der Waals surface area (Å²) < 4.78 is 18.7. The zero-order chi connectivity index (χ0) is 20.0. The monoisotopic (exact) mass is 423 g/mol. The first-order chi connectivity index (χ1) is 14.0. The Balaban J connectivity index is 1.40. The van der Waals surface area contributed by atoms with Crippen LogP contribution >= 0.6 is 7.82 Å². The Labute approximate surface area is 169 Å². The molecule has 12 heteroatoms.